The van der Waals surface area contributed by atoms with Gasteiger partial charge in [-0.15, -0.1) is 0 Å². The van der Waals surface area contributed by atoms with Gasteiger partial charge in [0, 0.05) is 16.6 Å². The van der Waals surface area contributed by atoms with Crippen molar-refractivity contribution < 1.29 is 9.53 Å². The van der Waals surface area contributed by atoms with Gasteiger partial charge in [0.15, 0.2) is 5.75 Å². The van der Waals surface area contributed by atoms with Gasteiger partial charge in [-0.2, -0.15) is 0 Å². The number of amides is 1. The van der Waals surface area contributed by atoms with E-state index in [0.29, 0.717) is 23.6 Å². The second-order valence-corrected chi connectivity index (χ2v) is 5.57. The van der Waals surface area contributed by atoms with Crippen LogP contribution in [-0.4, -0.2) is 5.91 Å². The van der Waals surface area contributed by atoms with Gasteiger partial charge in [-0.3, -0.25) is 4.79 Å². The number of rotatable bonds is 2. The highest BCUT2D eigenvalue weighted by Crippen LogP contribution is 2.33. The summed E-state index contributed by atoms with van der Waals surface area (Å²) in [7, 11) is 0. The maximum atomic E-state index is 11.3. The SMILES string of the molecule is Nc1ccc(Br)cc1Oc1ccc2c(c1)CCC(=O)N2. The number of hydrogen-bond donors (Lipinski definition) is 2. The quantitative estimate of drug-likeness (QED) is 0.824. The summed E-state index contributed by atoms with van der Waals surface area (Å²) >= 11 is 3.39. The van der Waals surface area contributed by atoms with E-state index < -0.39 is 0 Å². The van der Waals surface area contributed by atoms with E-state index in [1.807, 2.05) is 30.3 Å². The summed E-state index contributed by atoms with van der Waals surface area (Å²) < 4.78 is 6.72. The number of hydrogen-bond acceptors (Lipinski definition) is 3. The number of halogens is 1. The second-order valence-electron chi connectivity index (χ2n) is 4.65. The van der Waals surface area contributed by atoms with Crippen molar-refractivity contribution in [3.63, 3.8) is 0 Å². The van der Waals surface area contributed by atoms with Crippen LogP contribution in [0, 0.1) is 0 Å². The molecular weight excluding hydrogens is 320 g/mol. The molecule has 1 heterocycles. The van der Waals surface area contributed by atoms with E-state index in [1.54, 1.807) is 6.07 Å². The minimum absolute atomic E-state index is 0.0578. The van der Waals surface area contributed by atoms with Crippen molar-refractivity contribution >= 4 is 33.2 Å². The average molecular weight is 333 g/mol. The van der Waals surface area contributed by atoms with E-state index >= 15 is 0 Å². The van der Waals surface area contributed by atoms with Gasteiger partial charge in [0.05, 0.1) is 5.69 Å². The number of carbonyl (C=O) groups excluding carboxylic acids is 1. The third kappa shape index (κ3) is 2.63. The van der Waals surface area contributed by atoms with Gasteiger partial charge in [0.2, 0.25) is 5.91 Å². The van der Waals surface area contributed by atoms with Crippen molar-refractivity contribution in [2.45, 2.75) is 12.8 Å². The molecule has 0 aliphatic carbocycles. The normalized spacial score (nSPS) is 13.6. The highest BCUT2D eigenvalue weighted by Gasteiger charge is 2.15. The zero-order valence-corrected chi connectivity index (χ0v) is 12.2. The largest absolute Gasteiger partial charge is 0.455 e. The van der Waals surface area contributed by atoms with Gasteiger partial charge >= 0.3 is 0 Å². The maximum absolute atomic E-state index is 11.3. The number of nitrogens with two attached hydrogens (primary N) is 1. The number of ether oxygens (including phenoxy) is 1. The Hall–Kier alpha value is -2.01. The highest BCUT2D eigenvalue weighted by molar-refractivity contribution is 9.10. The summed E-state index contributed by atoms with van der Waals surface area (Å²) in [5.74, 6) is 1.38. The number of nitrogen functional groups attached to an aromatic ring is 1. The monoisotopic (exact) mass is 332 g/mol. The van der Waals surface area contributed by atoms with Gasteiger partial charge < -0.3 is 15.8 Å². The number of benzene rings is 2. The minimum Gasteiger partial charge on any atom is -0.455 e. The summed E-state index contributed by atoms with van der Waals surface area (Å²) in [6.45, 7) is 0. The molecular formula is C15H13BrN2O2. The third-order valence-corrected chi connectivity index (χ3v) is 3.67. The number of aryl methyl sites for hydroxylation is 1. The molecule has 0 spiro atoms. The van der Waals surface area contributed by atoms with E-state index in [9.17, 15) is 4.79 Å². The molecule has 3 N–H and O–H groups in total. The summed E-state index contributed by atoms with van der Waals surface area (Å²) in [6.07, 6.45) is 1.24. The smallest absolute Gasteiger partial charge is 0.224 e. The zero-order valence-electron chi connectivity index (χ0n) is 10.7. The molecule has 1 amide bonds. The molecule has 5 heteroatoms. The van der Waals surface area contributed by atoms with Crippen LogP contribution in [0.1, 0.15) is 12.0 Å². The molecule has 2 aromatic carbocycles. The van der Waals surface area contributed by atoms with Gasteiger partial charge in [0.25, 0.3) is 0 Å². The van der Waals surface area contributed by atoms with Crippen molar-refractivity contribution in [1.29, 1.82) is 0 Å². The van der Waals surface area contributed by atoms with Crippen molar-refractivity contribution in [3.05, 3.63) is 46.4 Å². The van der Waals surface area contributed by atoms with E-state index in [0.717, 1.165) is 22.1 Å². The van der Waals surface area contributed by atoms with Crippen LogP contribution in [0.5, 0.6) is 11.5 Å². The highest BCUT2D eigenvalue weighted by atomic mass is 79.9. The predicted molar refractivity (Wildman–Crippen MR) is 82.0 cm³/mol. The number of anilines is 2. The van der Waals surface area contributed by atoms with Crippen molar-refractivity contribution in [3.8, 4) is 11.5 Å². The molecule has 0 fully saturated rings. The molecule has 3 rings (SSSR count). The molecule has 20 heavy (non-hydrogen) atoms. The Balaban J connectivity index is 1.88. The van der Waals surface area contributed by atoms with E-state index in [4.69, 9.17) is 10.5 Å². The summed E-state index contributed by atoms with van der Waals surface area (Å²) in [5.41, 5.74) is 8.41. The van der Waals surface area contributed by atoms with E-state index in [1.165, 1.54) is 0 Å². The fraction of sp³-hybridized carbons (Fsp3) is 0.133. The lowest BCUT2D eigenvalue weighted by Crippen LogP contribution is -2.18. The molecule has 2 aromatic rings. The van der Waals surface area contributed by atoms with Crippen LogP contribution in [0.3, 0.4) is 0 Å². The lowest BCUT2D eigenvalue weighted by atomic mass is 10.0. The van der Waals surface area contributed by atoms with Crippen LogP contribution in [-0.2, 0) is 11.2 Å². The first-order valence-corrected chi connectivity index (χ1v) is 7.07. The van der Waals surface area contributed by atoms with Crippen molar-refractivity contribution in [2.24, 2.45) is 0 Å². The Labute approximate surface area is 125 Å². The summed E-state index contributed by atoms with van der Waals surface area (Å²) in [4.78, 5) is 11.3. The molecule has 1 aliphatic rings. The Morgan fingerprint density at radius 2 is 2.00 bits per heavy atom. The minimum atomic E-state index is 0.0578. The van der Waals surface area contributed by atoms with Crippen molar-refractivity contribution in [2.75, 3.05) is 11.1 Å². The molecule has 4 nitrogen and oxygen atoms in total. The molecule has 1 aliphatic heterocycles. The Morgan fingerprint density at radius 1 is 1.15 bits per heavy atom. The predicted octanol–water partition coefficient (Wildman–Crippen LogP) is 3.71. The molecule has 0 radical (unpaired) electrons. The van der Waals surface area contributed by atoms with Crippen LogP contribution in [0.4, 0.5) is 11.4 Å². The standard InChI is InChI=1S/C15H13BrN2O2/c16-10-2-4-12(17)14(8-10)20-11-3-5-13-9(7-11)1-6-15(19)18-13/h2-5,7-8H,1,6,17H2,(H,18,19). The van der Waals surface area contributed by atoms with E-state index in [2.05, 4.69) is 21.2 Å². The maximum Gasteiger partial charge on any atom is 0.224 e. The fourth-order valence-corrected chi connectivity index (χ4v) is 2.49. The number of nitrogens with one attached hydrogen (secondary N) is 1. The van der Waals surface area contributed by atoms with Crippen LogP contribution in [0.25, 0.3) is 0 Å². The zero-order chi connectivity index (χ0) is 14.1. The molecule has 0 saturated carbocycles. The molecule has 0 bridgehead atoms. The fourth-order valence-electron chi connectivity index (χ4n) is 2.15. The van der Waals surface area contributed by atoms with Crippen LogP contribution in [0.15, 0.2) is 40.9 Å². The second kappa shape index (κ2) is 5.17. The van der Waals surface area contributed by atoms with Gasteiger partial charge in [-0.05, 0) is 48.4 Å². The number of fused-ring (bicyclic) bond motifs is 1. The van der Waals surface area contributed by atoms with Gasteiger partial charge in [-0.25, -0.2) is 0 Å². The van der Waals surface area contributed by atoms with Crippen molar-refractivity contribution in [1.82, 2.24) is 0 Å². The first-order valence-electron chi connectivity index (χ1n) is 6.27. The molecule has 0 unspecified atom stereocenters. The Kier molecular flexibility index (Phi) is 3.36. The van der Waals surface area contributed by atoms with Crippen LogP contribution >= 0.6 is 15.9 Å². The topological polar surface area (TPSA) is 64.3 Å². The molecule has 0 atom stereocenters. The average Bonchev–Trinajstić information content (AvgIpc) is 2.43. The third-order valence-electron chi connectivity index (χ3n) is 3.18. The van der Waals surface area contributed by atoms with Gasteiger partial charge in [-0.1, -0.05) is 15.9 Å². The lowest BCUT2D eigenvalue weighted by molar-refractivity contribution is -0.116. The lowest BCUT2D eigenvalue weighted by Gasteiger charge is -2.18. The summed E-state index contributed by atoms with van der Waals surface area (Å²) in [5, 5.41) is 2.84. The molecule has 0 saturated heterocycles. The summed E-state index contributed by atoms with van der Waals surface area (Å²) in [6, 6.07) is 11.1. The molecule has 102 valence electrons. The Morgan fingerprint density at radius 3 is 2.85 bits per heavy atom. The first kappa shape index (κ1) is 13.0. The number of carbonyl (C=O) groups is 1. The first-order chi connectivity index (χ1) is 9.61. The van der Waals surface area contributed by atoms with Crippen LogP contribution in [0.2, 0.25) is 0 Å². The van der Waals surface area contributed by atoms with Crippen LogP contribution < -0.4 is 15.8 Å². The van der Waals surface area contributed by atoms with E-state index in [-0.39, 0.29) is 5.91 Å². The molecule has 0 aromatic heterocycles. The Bertz CT molecular complexity index is 686. The van der Waals surface area contributed by atoms with Gasteiger partial charge in [0.1, 0.15) is 5.75 Å².